The molecule has 5 rings (SSSR count). The number of rotatable bonds is 5. The molecular formula is C27H27F4OS+. The summed E-state index contributed by atoms with van der Waals surface area (Å²) in [5, 5.41) is 9.36. The van der Waals surface area contributed by atoms with E-state index in [0.29, 0.717) is 12.8 Å². The predicted octanol–water partition coefficient (Wildman–Crippen LogP) is 7.08. The summed E-state index contributed by atoms with van der Waals surface area (Å²) >= 11 is 0. The topological polar surface area (TPSA) is 20.2 Å². The minimum atomic E-state index is -3.93. The van der Waals surface area contributed by atoms with Crippen LogP contribution in [0.2, 0.25) is 0 Å². The first-order chi connectivity index (χ1) is 15.9. The lowest BCUT2D eigenvalue weighted by Crippen LogP contribution is -2.42. The Morgan fingerprint density at radius 3 is 1.45 bits per heavy atom. The minimum Gasteiger partial charge on any atom is -0.393 e. The van der Waals surface area contributed by atoms with E-state index in [2.05, 4.69) is 91.0 Å². The van der Waals surface area contributed by atoms with Crippen LogP contribution in [0.5, 0.6) is 0 Å². The molecule has 2 saturated carbocycles. The van der Waals surface area contributed by atoms with Gasteiger partial charge in [-0.25, -0.2) is 8.78 Å². The summed E-state index contributed by atoms with van der Waals surface area (Å²) in [5.41, 5.74) is 0. The zero-order chi connectivity index (χ0) is 23.4. The molecule has 33 heavy (non-hydrogen) atoms. The maximum Gasteiger partial charge on any atom is 0.310 e. The number of fused-ring (bicyclic) bond motifs is 2. The Labute approximate surface area is 194 Å². The van der Waals surface area contributed by atoms with E-state index in [1.165, 1.54) is 14.7 Å². The van der Waals surface area contributed by atoms with Crippen LogP contribution in [0.1, 0.15) is 19.3 Å². The van der Waals surface area contributed by atoms with Gasteiger partial charge < -0.3 is 5.11 Å². The van der Waals surface area contributed by atoms with Crippen LogP contribution in [-0.2, 0) is 10.9 Å². The third-order valence-electron chi connectivity index (χ3n) is 6.50. The smallest absolute Gasteiger partial charge is 0.310 e. The summed E-state index contributed by atoms with van der Waals surface area (Å²) in [6.07, 6.45) is -3.30. The van der Waals surface area contributed by atoms with Gasteiger partial charge in [0, 0.05) is 5.92 Å². The van der Waals surface area contributed by atoms with Crippen molar-refractivity contribution in [2.24, 2.45) is 17.8 Å². The lowest BCUT2D eigenvalue weighted by atomic mass is 9.82. The SMILES string of the molecule is OC1CC2CC1C(C(F)(F)C(F)F)C2.c1ccc([S+](c2ccccc2)c2ccccc2)cc1. The predicted molar refractivity (Wildman–Crippen MR) is 123 cm³/mol. The van der Waals surface area contributed by atoms with Crippen molar-refractivity contribution in [3.63, 3.8) is 0 Å². The number of aliphatic hydroxyl groups is 1. The van der Waals surface area contributed by atoms with Crippen LogP contribution in [0.4, 0.5) is 17.6 Å². The van der Waals surface area contributed by atoms with Gasteiger partial charge in [0.25, 0.3) is 0 Å². The molecule has 1 N–H and O–H groups in total. The van der Waals surface area contributed by atoms with Gasteiger partial charge in [0.05, 0.1) is 17.0 Å². The Kier molecular flexibility index (Phi) is 7.45. The van der Waals surface area contributed by atoms with Crippen LogP contribution in [0, 0.1) is 17.8 Å². The molecule has 174 valence electrons. The van der Waals surface area contributed by atoms with Crippen LogP contribution in [0.15, 0.2) is 106 Å². The van der Waals surface area contributed by atoms with Crippen molar-refractivity contribution < 1.29 is 22.7 Å². The van der Waals surface area contributed by atoms with E-state index in [-0.39, 0.29) is 23.2 Å². The van der Waals surface area contributed by atoms with Crippen molar-refractivity contribution in [3.8, 4) is 0 Å². The zero-order valence-electron chi connectivity index (χ0n) is 18.0. The van der Waals surface area contributed by atoms with Gasteiger partial charge in [-0.2, -0.15) is 8.78 Å². The Morgan fingerprint density at radius 1 is 0.697 bits per heavy atom. The van der Waals surface area contributed by atoms with Crippen LogP contribution in [0.3, 0.4) is 0 Å². The zero-order valence-corrected chi connectivity index (χ0v) is 18.9. The highest BCUT2D eigenvalue weighted by molar-refractivity contribution is 7.97. The van der Waals surface area contributed by atoms with Gasteiger partial charge in [0.1, 0.15) is 0 Å². The van der Waals surface area contributed by atoms with Gasteiger partial charge in [-0.05, 0) is 67.5 Å². The van der Waals surface area contributed by atoms with Crippen molar-refractivity contribution >= 4 is 10.9 Å². The summed E-state index contributed by atoms with van der Waals surface area (Å²) in [6.45, 7) is 0. The average Bonchev–Trinajstić information content (AvgIpc) is 3.42. The number of halogens is 4. The standard InChI is InChI=1S/C18H15S.C9H12F4O/c1-4-10-16(11-5-1)19(17-12-6-2-7-13-17)18-14-8-3-9-15-18;10-8(11)9(12,13)6-2-4-1-5(6)7(14)3-4/h1-15H;4-8,14H,1-3H2/q+1;. The molecule has 1 nitrogen and oxygen atoms in total. The Morgan fingerprint density at radius 2 is 1.12 bits per heavy atom. The Hall–Kier alpha value is -2.31. The molecule has 3 aromatic rings. The van der Waals surface area contributed by atoms with Gasteiger partial charge in [-0.15, -0.1) is 0 Å². The quantitative estimate of drug-likeness (QED) is 0.309. The van der Waals surface area contributed by atoms with Crippen molar-refractivity contribution in [2.45, 2.75) is 52.4 Å². The molecule has 0 radical (unpaired) electrons. The Bertz CT molecular complexity index is 906. The van der Waals surface area contributed by atoms with E-state index in [1.54, 1.807) is 0 Å². The highest BCUT2D eigenvalue weighted by Gasteiger charge is 2.59. The van der Waals surface area contributed by atoms with E-state index in [9.17, 15) is 22.7 Å². The van der Waals surface area contributed by atoms with Gasteiger partial charge >= 0.3 is 12.3 Å². The Balaban J connectivity index is 0.000000165. The molecule has 3 aromatic carbocycles. The van der Waals surface area contributed by atoms with E-state index in [0.717, 1.165) is 0 Å². The molecule has 0 spiro atoms. The molecule has 2 aliphatic rings. The second-order valence-electron chi connectivity index (χ2n) is 8.63. The number of hydrogen-bond acceptors (Lipinski definition) is 1. The van der Waals surface area contributed by atoms with Crippen LogP contribution in [-0.4, -0.2) is 23.6 Å². The molecule has 0 heterocycles. The lowest BCUT2D eigenvalue weighted by molar-refractivity contribution is -0.184. The summed E-state index contributed by atoms with van der Waals surface area (Å²) < 4.78 is 50.2. The summed E-state index contributed by atoms with van der Waals surface area (Å²) in [5.74, 6) is -5.86. The third kappa shape index (κ3) is 5.28. The maximum absolute atomic E-state index is 13.0. The van der Waals surface area contributed by atoms with Gasteiger partial charge in [0.15, 0.2) is 14.7 Å². The lowest BCUT2D eigenvalue weighted by Gasteiger charge is -2.32. The van der Waals surface area contributed by atoms with E-state index in [1.807, 2.05) is 0 Å². The second kappa shape index (κ2) is 10.3. The second-order valence-corrected chi connectivity index (χ2v) is 10.7. The summed E-state index contributed by atoms with van der Waals surface area (Å²) in [6, 6.07) is 32.2. The number of hydrogen-bond donors (Lipinski definition) is 1. The number of aliphatic hydroxyl groups excluding tert-OH is 1. The van der Waals surface area contributed by atoms with Gasteiger partial charge in [-0.3, -0.25) is 0 Å². The highest BCUT2D eigenvalue weighted by atomic mass is 32.2. The van der Waals surface area contributed by atoms with Crippen molar-refractivity contribution in [3.05, 3.63) is 91.0 Å². The maximum atomic E-state index is 13.0. The molecule has 0 aromatic heterocycles. The van der Waals surface area contributed by atoms with Gasteiger partial charge in [0.2, 0.25) is 0 Å². The third-order valence-corrected chi connectivity index (χ3v) is 8.73. The summed E-state index contributed by atoms with van der Waals surface area (Å²) in [7, 11) is -0.0146. The molecule has 2 aliphatic carbocycles. The average molecular weight is 476 g/mol. The molecule has 2 fully saturated rings. The van der Waals surface area contributed by atoms with Gasteiger partial charge in [-0.1, -0.05) is 54.6 Å². The van der Waals surface area contributed by atoms with E-state index in [4.69, 9.17) is 0 Å². The molecule has 0 saturated heterocycles. The van der Waals surface area contributed by atoms with E-state index >= 15 is 0 Å². The first kappa shape index (κ1) is 23.8. The van der Waals surface area contributed by atoms with E-state index < -0.39 is 30.3 Å². The van der Waals surface area contributed by atoms with Crippen molar-refractivity contribution in [1.82, 2.24) is 0 Å². The first-order valence-electron chi connectivity index (χ1n) is 11.1. The largest absolute Gasteiger partial charge is 0.393 e. The summed E-state index contributed by atoms with van der Waals surface area (Å²) in [4.78, 5) is 4.08. The fourth-order valence-electron chi connectivity index (χ4n) is 5.00. The molecule has 2 bridgehead atoms. The highest BCUT2D eigenvalue weighted by Crippen LogP contribution is 2.55. The molecular weight excluding hydrogens is 448 g/mol. The molecule has 0 aliphatic heterocycles. The molecule has 0 amide bonds. The first-order valence-corrected chi connectivity index (χ1v) is 12.3. The number of benzene rings is 3. The fourth-order valence-corrected chi connectivity index (χ4v) is 7.10. The van der Waals surface area contributed by atoms with Crippen LogP contribution < -0.4 is 0 Å². The minimum absolute atomic E-state index is 0.0146. The number of alkyl halides is 4. The van der Waals surface area contributed by atoms with Crippen molar-refractivity contribution in [2.75, 3.05) is 0 Å². The van der Waals surface area contributed by atoms with Crippen LogP contribution in [0.25, 0.3) is 0 Å². The monoisotopic (exact) mass is 475 g/mol. The molecule has 4 unspecified atom stereocenters. The normalized spacial score (nSPS) is 24.1. The molecule has 4 atom stereocenters. The van der Waals surface area contributed by atoms with Crippen LogP contribution >= 0.6 is 0 Å². The fraction of sp³-hybridized carbons (Fsp3) is 0.333. The molecule has 6 heteroatoms. The van der Waals surface area contributed by atoms with Crippen molar-refractivity contribution in [1.29, 1.82) is 0 Å².